The van der Waals surface area contributed by atoms with Crippen molar-refractivity contribution in [3.05, 3.63) is 0 Å². The fraction of sp³-hybridized carbons (Fsp3) is 1.00. The van der Waals surface area contributed by atoms with Gasteiger partial charge < -0.3 is 0 Å². The lowest BCUT2D eigenvalue weighted by molar-refractivity contribution is 0.377. The average Bonchev–Trinajstić information content (AvgIpc) is 2.62. The Kier molecular flexibility index (Phi) is 22.0. The van der Waals surface area contributed by atoms with Gasteiger partial charge in [-0.3, -0.25) is 0 Å². The van der Waals surface area contributed by atoms with Crippen molar-refractivity contribution in [2.75, 3.05) is 0 Å². The molecule has 0 nitrogen and oxygen atoms in total. The second-order valence-electron chi connectivity index (χ2n) is 8.54. The highest BCUT2D eigenvalue weighted by Gasteiger charge is 2.07. The summed E-state index contributed by atoms with van der Waals surface area (Å²) in [6.45, 7) is 6.98. The number of hydrogen-bond acceptors (Lipinski definition) is 0. The fourth-order valence-electron chi connectivity index (χ4n) is 4.15. The van der Waals surface area contributed by atoms with E-state index in [0.717, 1.165) is 5.92 Å². The molecule has 0 aromatic carbocycles. The van der Waals surface area contributed by atoms with Crippen LogP contribution in [0.1, 0.15) is 156 Å². The van der Waals surface area contributed by atoms with Gasteiger partial charge in [0.05, 0.1) is 0 Å². The molecule has 152 valence electrons. The molecule has 0 rings (SSSR count). The van der Waals surface area contributed by atoms with Gasteiger partial charge in [0.15, 0.2) is 0 Å². The Bertz CT molecular complexity index is 220. The first kappa shape index (κ1) is 25.0. The van der Waals surface area contributed by atoms with E-state index in [9.17, 15) is 0 Å². The van der Waals surface area contributed by atoms with E-state index in [4.69, 9.17) is 0 Å². The van der Waals surface area contributed by atoms with E-state index in [2.05, 4.69) is 20.8 Å². The van der Waals surface area contributed by atoms with Crippen molar-refractivity contribution in [1.82, 2.24) is 0 Å². The standard InChI is InChI=1S/C25H52/c1-4-7-9-11-13-15-17-19-21-24-25(22-6-3)23-20-18-16-14-12-10-8-5-2/h25H,4-24H2,1-3H3. The lowest BCUT2D eigenvalue weighted by Crippen LogP contribution is -2.00. The Balaban J connectivity index is 3.42. The van der Waals surface area contributed by atoms with Crippen LogP contribution in [0.3, 0.4) is 0 Å². The van der Waals surface area contributed by atoms with Crippen LogP contribution in [0.25, 0.3) is 0 Å². The maximum Gasteiger partial charge on any atom is -0.0414 e. The molecule has 0 fully saturated rings. The van der Waals surface area contributed by atoms with Gasteiger partial charge in [0.2, 0.25) is 0 Å². The van der Waals surface area contributed by atoms with Crippen LogP contribution in [-0.2, 0) is 0 Å². The summed E-state index contributed by atoms with van der Waals surface area (Å²) in [5.41, 5.74) is 0. The zero-order chi connectivity index (χ0) is 18.4. The minimum absolute atomic E-state index is 1.04. The van der Waals surface area contributed by atoms with Gasteiger partial charge in [-0.25, -0.2) is 0 Å². The fourth-order valence-corrected chi connectivity index (χ4v) is 4.15. The third-order valence-corrected chi connectivity index (χ3v) is 5.88. The summed E-state index contributed by atoms with van der Waals surface area (Å²) in [4.78, 5) is 0. The summed E-state index contributed by atoms with van der Waals surface area (Å²) in [6, 6.07) is 0. The van der Waals surface area contributed by atoms with Gasteiger partial charge >= 0.3 is 0 Å². The first-order valence-corrected chi connectivity index (χ1v) is 12.3. The van der Waals surface area contributed by atoms with Crippen molar-refractivity contribution in [2.24, 2.45) is 5.92 Å². The maximum absolute atomic E-state index is 2.37. The molecule has 1 unspecified atom stereocenters. The SMILES string of the molecule is CCCCCCCCCCCC(CCC)CCCCCCCCCC. The van der Waals surface area contributed by atoms with E-state index in [1.807, 2.05) is 0 Å². The lowest BCUT2D eigenvalue weighted by atomic mass is 9.90. The molecule has 0 saturated carbocycles. The monoisotopic (exact) mass is 352 g/mol. The molecule has 0 aromatic rings. The summed E-state index contributed by atoms with van der Waals surface area (Å²) >= 11 is 0. The van der Waals surface area contributed by atoms with Gasteiger partial charge in [0, 0.05) is 0 Å². The van der Waals surface area contributed by atoms with E-state index < -0.39 is 0 Å². The van der Waals surface area contributed by atoms with E-state index in [0.29, 0.717) is 0 Å². The molecule has 0 heteroatoms. The minimum Gasteiger partial charge on any atom is -0.0654 e. The normalized spacial score (nSPS) is 12.6. The smallest absolute Gasteiger partial charge is 0.0414 e. The van der Waals surface area contributed by atoms with Crippen LogP contribution in [-0.4, -0.2) is 0 Å². The molecule has 0 spiro atoms. The van der Waals surface area contributed by atoms with Crippen molar-refractivity contribution >= 4 is 0 Å². The number of unbranched alkanes of at least 4 members (excludes halogenated alkanes) is 15. The third-order valence-electron chi connectivity index (χ3n) is 5.88. The Morgan fingerprint density at radius 2 is 0.640 bits per heavy atom. The summed E-state index contributed by atoms with van der Waals surface area (Å²) in [7, 11) is 0. The van der Waals surface area contributed by atoms with Crippen molar-refractivity contribution < 1.29 is 0 Å². The molecule has 0 aromatic heterocycles. The Morgan fingerprint density at radius 1 is 0.320 bits per heavy atom. The van der Waals surface area contributed by atoms with Gasteiger partial charge in [0.1, 0.15) is 0 Å². The number of hydrogen-bond donors (Lipinski definition) is 0. The molecular formula is C25H52. The topological polar surface area (TPSA) is 0 Å². The van der Waals surface area contributed by atoms with Crippen LogP contribution in [0.4, 0.5) is 0 Å². The second kappa shape index (κ2) is 22.0. The van der Waals surface area contributed by atoms with E-state index in [1.165, 1.54) is 135 Å². The highest BCUT2D eigenvalue weighted by atomic mass is 14.1. The van der Waals surface area contributed by atoms with Crippen LogP contribution < -0.4 is 0 Å². The van der Waals surface area contributed by atoms with E-state index in [-0.39, 0.29) is 0 Å². The molecule has 0 aliphatic rings. The summed E-state index contributed by atoms with van der Waals surface area (Å²) in [6.07, 6.45) is 30.8. The number of rotatable bonds is 21. The van der Waals surface area contributed by atoms with Crippen molar-refractivity contribution in [3.63, 3.8) is 0 Å². The molecule has 1 atom stereocenters. The zero-order valence-corrected chi connectivity index (χ0v) is 18.4. The Hall–Kier alpha value is 0. The lowest BCUT2D eigenvalue weighted by Gasteiger charge is -2.16. The van der Waals surface area contributed by atoms with Crippen LogP contribution >= 0.6 is 0 Å². The van der Waals surface area contributed by atoms with Gasteiger partial charge in [-0.15, -0.1) is 0 Å². The van der Waals surface area contributed by atoms with Crippen molar-refractivity contribution in [3.8, 4) is 0 Å². The first-order chi connectivity index (χ1) is 12.3. The predicted octanol–water partition coefficient (Wildman–Crippen LogP) is 9.85. The minimum atomic E-state index is 1.04. The molecule has 0 radical (unpaired) electrons. The van der Waals surface area contributed by atoms with Crippen LogP contribution in [0.2, 0.25) is 0 Å². The van der Waals surface area contributed by atoms with Crippen molar-refractivity contribution in [1.29, 1.82) is 0 Å². The molecule has 0 N–H and O–H groups in total. The molecule has 0 bridgehead atoms. The van der Waals surface area contributed by atoms with Crippen LogP contribution in [0.15, 0.2) is 0 Å². The maximum atomic E-state index is 2.37. The molecule has 0 aliphatic carbocycles. The molecule has 0 aliphatic heterocycles. The molecule has 25 heavy (non-hydrogen) atoms. The molecule has 0 heterocycles. The first-order valence-electron chi connectivity index (χ1n) is 12.3. The quantitative estimate of drug-likeness (QED) is 0.180. The van der Waals surface area contributed by atoms with Crippen molar-refractivity contribution in [2.45, 2.75) is 156 Å². The summed E-state index contributed by atoms with van der Waals surface area (Å²) < 4.78 is 0. The van der Waals surface area contributed by atoms with Gasteiger partial charge in [-0.05, 0) is 5.92 Å². The highest BCUT2D eigenvalue weighted by Crippen LogP contribution is 2.23. The van der Waals surface area contributed by atoms with E-state index in [1.54, 1.807) is 0 Å². The molecule has 0 saturated heterocycles. The van der Waals surface area contributed by atoms with Crippen LogP contribution in [0, 0.1) is 5.92 Å². The molecule has 0 amide bonds. The summed E-state index contributed by atoms with van der Waals surface area (Å²) in [5.74, 6) is 1.04. The van der Waals surface area contributed by atoms with Gasteiger partial charge in [-0.1, -0.05) is 156 Å². The Labute approximate surface area is 161 Å². The average molecular weight is 353 g/mol. The van der Waals surface area contributed by atoms with Gasteiger partial charge in [0.25, 0.3) is 0 Å². The zero-order valence-electron chi connectivity index (χ0n) is 18.4. The van der Waals surface area contributed by atoms with E-state index >= 15 is 0 Å². The Morgan fingerprint density at radius 3 is 0.960 bits per heavy atom. The van der Waals surface area contributed by atoms with Crippen LogP contribution in [0.5, 0.6) is 0 Å². The highest BCUT2D eigenvalue weighted by molar-refractivity contribution is 4.61. The second-order valence-corrected chi connectivity index (χ2v) is 8.54. The largest absolute Gasteiger partial charge is 0.0654 e. The third kappa shape index (κ3) is 20.2. The molecular weight excluding hydrogens is 300 g/mol. The summed E-state index contributed by atoms with van der Waals surface area (Å²) in [5, 5.41) is 0. The van der Waals surface area contributed by atoms with Gasteiger partial charge in [-0.2, -0.15) is 0 Å². The predicted molar refractivity (Wildman–Crippen MR) is 117 cm³/mol.